The summed E-state index contributed by atoms with van der Waals surface area (Å²) in [6.07, 6.45) is 1.48. The van der Waals surface area contributed by atoms with E-state index in [2.05, 4.69) is 16.0 Å². The highest BCUT2D eigenvalue weighted by molar-refractivity contribution is 7.16. The van der Waals surface area contributed by atoms with Gasteiger partial charge in [0, 0.05) is 11.3 Å². The molecule has 0 aliphatic heterocycles. The van der Waals surface area contributed by atoms with Gasteiger partial charge in [0.1, 0.15) is 17.1 Å². The van der Waals surface area contributed by atoms with Gasteiger partial charge in [0.25, 0.3) is 0 Å². The van der Waals surface area contributed by atoms with Crippen LogP contribution in [-0.2, 0) is 0 Å². The molecule has 0 bridgehead atoms. The lowest BCUT2D eigenvalue weighted by Gasteiger charge is -2.04. The van der Waals surface area contributed by atoms with Crippen LogP contribution < -0.4 is 0 Å². The molecule has 2 aromatic heterocycles. The maximum Gasteiger partial charge on any atom is 0.126 e. The molecule has 5 heteroatoms. The molecule has 0 saturated heterocycles. The third-order valence-corrected chi connectivity index (χ3v) is 3.06. The second-order valence-corrected chi connectivity index (χ2v) is 3.94. The van der Waals surface area contributed by atoms with Crippen molar-refractivity contribution in [1.29, 1.82) is 5.26 Å². The highest BCUT2D eigenvalue weighted by atomic mass is 35.5. The first-order valence-corrected chi connectivity index (χ1v) is 5.42. The Morgan fingerprint density at radius 2 is 2.43 bits per heavy atom. The number of aromatic nitrogens is 2. The Bertz CT molecular complexity index is 488. The summed E-state index contributed by atoms with van der Waals surface area (Å²) in [6, 6.07) is 4.06. The molecule has 0 saturated carbocycles. The van der Waals surface area contributed by atoms with Crippen molar-refractivity contribution in [3.05, 3.63) is 23.5 Å². The van der Waals surface area contributed by atoms with Crippen molar-refractivity contribution in [2.75, 3.05) is 5.88 Å². The van der Waals surface area contributed by atoms with Crippen LogP contribution in [0.2, 0.25) is 0 Å². The fourth-order valence-electron chi connectivity index (χ4n) is 1.26. The first-order valence-electron chi connectivity index (χ1n) is 4.00. The molecular weight excluding hydrogens is 218 g/mol. The summed E-state index contributed by atoms with van der Waals surface area (Å²) >= 11 is 7.23. The first kappa shape index (κ1) is 9.38. The Hall–Kier alpha value is -1.18. The highest BCUT2D eigenvalue weighted by Crippen LogP contribution is 2.26. The van der Waals surface area contributed by atoms with Gasteiger partial charge in [-0.1, -0.05) is 0 Å². The van der Waals surface area contributed by atoms with Gasteiger partial charge < -0.3 is 0 Å². The van der Waals surface area contributed by atoms with E-state index < -0.39 is 0 Å². The van der Waals surface area contributed by atoms with Gasteiger partial charge in [-0.2, -0.15) is 5.26 Å². The minimum absolute atomic E-state index is 0.262. The molecular formula is C9H6ClN3S. The van der Waals surface area contributed by atoms with E-state index in [4.69, 9.17) is 16.9 Å². The van der Waals surface area contributed by atoms with Crippen molar-refractivity contribution in [3.8, 4) is 6.07 Å². The maximum atomic E-state index is 8.88. The lowest BCUT2D eigenvalue weighted by molar-refractivity contribution is 0.932. The van der Waals surface area contributed by atoms with Crippen molar-refractivity contribution < 1.29 is 0 Å². The minimum Gasteiger partial charge on any atom is -0.239 e. The summed E-state index contributed by atoms with van der Waals surface area (Å²) in [4.78, 5) is 9.12. The molecule has 0 fully saturated rings. The zero-order chi connectivity index (χ0) is 9.97. The van der Waals surface area contributed by atoms with Crippen molar-refractivity contribution in [2.24, 2.45) is 0 Å². The molecule has 1 unspecified atom stereocenters. The van der Waals surface area contributed by atoms with Crippen LogP contribution >= 0.6 is 22.9 Å². The van der Waals surface area contributed by atoms with Crippen LogP contribution in [-0.4, -0.2) is 15.8 Å². The SMILES string of the molecule is N#CC(CCl)c1ncnc2sccc12. The van der Waals surface area contributed by atoms with Crippen LogP contribution in [0.5, 0.6) is 0 Å². The number of halogens is 1. The van der Waals surface area contributed by atoms with Gasteiger partial charge in [-0.25, -0.2) is 9.97 Å². The normalized spacial score (nSPS) is 12.6. The quantitative estimate of drug-likeness (QED) is 0.736. The predicted octanol–water partition coefficient (Wildman–Crippen LogP) is 2.54. The average molecular weight is 224 g/mol. The molecule has 0 aliphatic carbocycles. The van der Waals surface area contributed by atoms with Crippen molar-refractivity contribution in [3.63, 3.8) is 0 Å². The van der Waals surface area contributed by atoms with E-state index in [9.17, 15) is 0 Å². The molecule has 0 amide bonds. The fourth-order valence-corrected chi connectivity index (χ4v) is 2.21. The first-order chi connectivity index (χ1) is 6.86. The molecule has 1 atom stereocenters. The van der Waals surface area contributed by atoms with E-state index in [0.717, 1.165) is 15.9 Å². The van der Waals surface area contributed by atoms with Crippen LogP contribution in [0.25, 0.3) is 10.2 Å². The van der Waals surface area contributed by atoms with E-state index in [1.165, 1.54) is 17.7 Å². The summed E-state index contributed by atoms with van der Waals surface area (Å²) in [6.45, 7) is 0. The number of alkyl halides is 1. The zero-order valence-corrected chi connectivity index (χ0v) is 8.72. The van der Waals surface area contributed by atoms with Crippen LogP contribution in [0.4, 0.5) is 0 Å². The molecule has 14 heavy (non-hydrogen) atoms. The molecule has 3 nitrogen and oxygen atoms in total. The van der Waals surface area contributed by atoms with Crippen LogP contribution in [0.3, 0.4) is 0 Å². The molecule has 70 valence electrons. The van der Waals surface area contributed by atoms with E-state index in [1.807, 2.05) is 11.4 Å². The molecule has 0 N–H and O–H groups in total. The summed E-state index contributed by atoms with van der Waals surface area (Å²) in [5, 5.41) is 11.8. The Balaban J connectivity index is 2.62. The number of thiophene rings is 1. The van der Waals surface area contributed by atoms with E-state index in [1.54, 1.807) is 0 Å². The summed E-state index contributed by atoms with van der Waals surface area (Å²) in [5.74, 6) is -0.0879. The number of nitriles is 1. The number of hydrogen-bond donors (Lipinski definition) is 0. The Kier molecular flexibility index (Phi) is 2.62. The van der Waals surface area contributed by atoms with Gasteiger partial charge in [0.15, 0.2) is 0 Å². The molecule has 0 radical (unpaired) electrons. The molecule has 0 aromatic carbocycles. The summed E-state index contributed by atoms with van der Waals surface area (Å²) < 4.78 is 0. The summed E-state index contributed by atoms with van der Waals surface area (Å²) in [5.41, 5.74) is 0.730. The van der Waals surface area contributed by atoms with Gasteiger partial charge in [0.2, 0.25) is 0 Å². The van der Waals surface area contributed by atoms with Crippen LogP contribution in [0, 0.1) is 11.3 Å². The second-order valence-electron chi connectivity index (χ2n) is 2.73. The smallest absolute Gasteiger partial charge is 0.126 e. The molecule has 2 aromatic rings. The van der Waals surface area contributed by atoms with Crippen molar-refractivity contribution in [2.45, 2.75) is 5.92 Å². The minimum atomic E-state index is -0.350. The topological polar surface area (TPSA) is 49.6 Å². The number of fused-ring (bicyclic) bond motifs is 1. The molecule has 2 heterocycles. The van der Waals surface area contributed by atoms with Crippen molar-refractivity contribution >= 4 is 33.2 Å². The number of hydrogen-bond acceptors (Lipinski definition) is 4. The predicted molar refractivity (Wildman–Crippen MR) is 56.5 cm³/mol. The van der Waals surface area contributed by atoms with Crippen LogP contribution in [0.15, 0.2) is 17.8 Å². The molecule has 0 spiro atoms. The second kappa shape index (κ2) is 3.91. The van der Waals surface area contributed by atoms with Gasteiger partial charge >= 0.3 is 0 Å². The Morgan fingerprint density at radius 3 is 3.14 bits per heavy atom. The third kappa shape index (κ3) is 1.45. The third-order valence-electron chi connectivity index (χ3n) is 1.93. The Labute approximate surface area is 90.0 Å². The Morgan fingerprint density at radius 1 is 1.57 bits per heavy atom. The number of rotatable bonds is 2. The monoisotopic (exact) mass is 223 g/mol. The lowest BCUT2D eigenvalue weighted by Crippen LogP contribution is -2.01. The van der Waals surface area contributed by atoms with Gasteiger partial charge in [0.05, 0.1) is 11.8 Å². The van der Waals surface area contributed by atoms with Gasteiger partial charge in [-0.15, -0.1) is 22.9 Å². The molecule has 0 aliphatic rings. The maximum absolute atomic E-state index is 8.88. The van der Waals surface area contributed by atoms with Gasteiger partial charge in [-0.05, 0) is 11.4 Å². The van der Waals surface area contributed by atoms with Crippen LogP contribution in [0.1, 0.15) is 11.6 Å². The van der Waals surface area contributed by atoms with Gasteiger partial charge in [-0.3, -0.25) is 0 Å². The van der Waals surface area contributed by atoms with E-state index in [-0.39, 0.29) is 11.8 Å². The number of nitrogens with zero attached hydrogens (tertiary/aromatic N) is 3. The zero-order valence-electron chi connectivity index (χ0n) is 7.14. The van der Waals surface area contributed by atoms with E-state index in [0.29, 0.717) is 0 Å². The fraction of sp³-hybridized carbons (Fsp3) is 0.222. The van der Waals surface area contributed by atoms with E-state index >= 15 is 0 Å². The highest BCUT2D eigenvalue weighted by Gasteiger charge is 2.14. The largest absolute Gasteiger partial charge is 0.239 e. The standard InChI is InChI=1S/C9H6ClN3S/c10-3-6(4-11)8-7-1-2-14-9(7)13-5-12-8/h1-2,5-6H,3H2. The van der Waals surface area contributed by atoms with Crippen molar-refractivity contribution in [1.82, 2.24) is 9.97 Å². The molecule has 2 rings (SSSR count). The average Bonchev–Trinajstić information content (AvgIpc) is 2.68. The summed E-state index contributed by atoms with van der Waals surface area (Å²) in [7, 11) is 0. The lowest BCUT2D eigenvalue weighted by atomic mass is 10.1.